The molecule has 0 radical (unpaired) electrons. The van der Waals surface area contributed by atoms with E-state index in [2.05, 4.69) is 15.4 Å². The fraction of sp³-hybridized carbons (Fsp3) is 0.312. The Kier molecular flexibility index (Phi) is 4.94. The molecule has 10 heteroatoms. The Hall–Kier alpha value is -2.13. The van der Waals surface area contributed by atoms with Gasteiger partial charge in [0.25, 0.3) is 5.91 Å². The lowest BCUT2D eigenvalue weighted by Gasteiger charge is -2.10. The zero-order valence-electron chi connectivity index (χ0n) is 13.8. The van der Waals surface area contributed by atoms with Crippen LogP contribution in [0.1, 0.15) is 36.5 Å². The molecule has 3 rings (SSSR count). The summed E-state index contributed by atoms with van der Waals surface area (Å²) in [6.07, 6.45) is -4.03. The quantitative estimate of drug-likeness (QED) is 0.690. The van der Waals surface area contributed by atoms with Crippen molar-refractivity contribution >= 4 is 34.5 Å². The molecule has 1 atom stereocenters. The third kappa shape index (κ3) is 3.41. The summed E-state index contributed by atoms with van der Waals surface area (Å²) >= 11 is 7.42. The van der Waals surface area contributed by atoms with Crippen LogP contribution in [-0.2, 0) is 6.18 Å². The van der Waals surface area contributed by atoms with Gasteiger partial charge in [-0.15, -0.1) is 11.3 Å². The largest absolute Gasteiger partial charge is 0.433 e. The number of hydrogen-bond donors (Lipinski definition) is 1. The van der Waals surface area contributed by atoms with Crippen LogP contribution in [-0.4, -0.2) is 26.5 Å². The Labute approximate surface area is 155 Å². The van der Waals surface area contributed by atoms with Crippen LogP contribution in [0.4, 0.5) is 13.2 Å². The molecule has 0 saturated heterocycles. The fourth-order valence-electron chi connectivity index (χ4n) is 2.28. The Balaban J connectivity index is 2.20. The number of nitrogens with one attached hydrogen (secondary N) is 1. The van der Waals surface area contributed by atoms with Gasteiger partial charge in [-0.2, -0.15) is 18.3 Å². The molecular weight excluding hydrogens is 389 g/mol. The summed E-state index contributed by atoms with van der Waals surface area (Å²) in [4.78, 5) is 17.0. The van der Waals surface area contributed by atoms with Crippen LogP contribution in [0, 0.1) is 0 Å². The molecule has 1 N–H and O–H groups in total. The number of hydrogen-bond acceptors (Lipinski definition) is 4. The highest BCUT2D eigenvalue weighted by molar-refractivity contribution is 7.13. The molecule has 26 heavy (non-hydrogen) atoms. The number of carbonyl (C=O) groups excluding carboxylic acids is 1. The number of halogens is 4. The first-order valence-electron chi connectivity index (χ1n) is 7.73. The van der Waals surface area contributed by atoms with E-state index in [1.54, 1.807) is 24.4 Å². The Bertz CT molecular complexity index is 953. The maximum atomic E-state index is 13.5. The molecule has 1 amide bonds. The molecule has 0 aliphatic heterocycles. The number of rotatable bonds is 4. The molecule has 0 aromatic carbocycles. The molecule has 0 fully saturated rings. The minimum atomic E-state index is -4.69. The summed E-state index contributed by atoms with van der Waals surface area (Å²) in [5.41, 5.74) is -1.42. The van der Waals surface area contributed by atoms with Crippen molar-refractivity contribution in [3.63, 3.8) is 0 Å². The van der Waals surface area contributed by atoms with E-state index in [0.717, 1.165) is 6.07 Å². The van der Waals surface area contributed by atoms with Crippen LogP contribution in [0.15, 0.2) is 23.6 Å². The lowest BCUT2D eigenvalue weighted by atomic mass is 10.2. The van der Waals surface area contributed by atoms with E-state index in [0.29, 0.717) is 15.8 Å². The van der Waals surface area contributed by atoms with Crippen molar-refractivity contribution in [1.29, 1.82) is 0 Å². The molecule has 0 aliphatic rings. The highest BCUT2D eigenvalue weighted by atomic mass is 35.5. The average Bonchev–Trinajstić information content (AvgIpc) is 3.21. The number of nitrogens with zero attached hydrogens (tertiary/aromatic N) is 3. The van der Waals surface area contributed by atoms with E-state index >= 15 is 0 Å². The first-order valence-corrected chi connectivity index (χ1v) is 8.99. The van der Waals surface area contributed by atoms with Gasteiger partial charge in [0.15, 0.2) is 17.0 Å². The van der Waals surface area contributed by atoms with Gasteiger partial charge in [-0.25, -0.2) is 9.50 Å². The highest BCUT2D eigenvalue weighted by Gasteiger charge is 2.36. The molecular formula is C16H14ClF3N4OS. The van der Waals surface area contributed by atoms with Gasteiger partial charge in [-0.05, 0) is 30.9 Å². The summed E-state index contributed by atoms with van der Waals surface area (Å²) in [5, 5.41) is 7.94. The predicted octanol–water partition coefficient (Wildman–Crippen LogP) is 4.66. The molecule has 1 unspecified atom stereocenters. The molecule has 5 nitrogen and oxygen atoms in total. The van der Waals surface area contributed by atoms with Gasteiger partial charge < -0.3 is 5.32 Å². The third-order valence-corrected chi connectivity index (χ3v) is 5.04. The zero-order chi connectivity index (χ0) is 19.1. The van der Waals surface area contributed by atoms with Crippen LogP contribution in [0.25, 0.3) is 16.2 Å². The van der Waals surface area contributed by atoms with E-state index in [1.165, 1.54) is 11.3 Å². The van der Waals surface area contributed by atoms with Crippen molar-refractivity contribution in [3.05, 3.63) is 40.0 Å². The highest BCUT2D eigenvalue weighted by Crippen LogP contribution is 2.35. The number of amides is 1. The number of carbonyl (C=O) groups is 1. The standard InChI is InChI=1S/C16H14ClF3N4OS/c1-3-8(2)21-15(25)13-12(17)14-22-9(10-5-4-6-26-10)7-11(16(18,19)20)24(14)23-13/h4-8H,3H2,1-2H3,(H,21,25). The van der Waals surface area contributed by atoms with Crippen molar-refractivity contribution in [3.8, 4) is 10.6 Å². The molecule has 0 spiro atoms. The fourth-order valence-corrected chi connectivity index (χ4v) is 3.22. The maximum absolute atomic E-state index is 13.5. The Morgan fingerprint density at radius 2 is 2.19 bits per heavy atom. The third-order valence-electron chi connectivity index (χ3n) is 3.80. The molecule has 3 heterocycles. The molecule has 0 saturated carbocycles. The molecule has 3 aromatic heterocycles. The smallest absolute Gasteiger partial charge is 0.348 e. The predicted molar refractivity (Wildman–Crippen MR) is 93.5 cm³/mol. The molecule has 0 bridgehead atoms. The first-order chi connectivity index (χ1) is 12.2. The van der Waals surface area contributed by atoms with Crippen molar-refractivity contribution < 1.29 is 18.0 Å². The second-order valence-corrected chi connectivity index (χ2v) is 7.01. The van der Waals surface area contributed by atoms with Gasteiger partial charge in [-0.3, -0.25) is 4.79 Å². The first kappa shape index (κ1) is 18.7. The van der Waals surface area contributed by atoms with Gasteiger partial charge in [0, 0.05) is 6.04 Å². The summed E-state index contributed by atoms with van der Waals surface area (Å²) in [6, 6.07) is 4.10. The minimum Gasteiger partial charge on any atom is -0.348 e. The second kappa shape index (κ2) is 6.88. The van der Waals surface area contributed by atoms with E-state index < -0.39 is 17.8 Å². The van der Waals surface area contributed by atoms with Gasteiger partial charge in [0.1, 0.15) is 5.02 Å². The van der Waals surface area contributed by atoms with Crippen LogP contribution in [0.2, 0.25) is 5.02 Å². The number of thiophene rings is 1. The van der Waals surface area contributed by atoms with Crippen LogP contribution < -0.4 is 5.32 Å². The van der Waals surface area contributed by atoms with E-state index in [-0.39, 0.29) is 28.1 Å². The normalized spacial score (nSPS) is 13.2. The van der Waals surface area contributed by atoms with Crippen molar-refractivity contribution in [2.24, 2.45) is 0 Å². The average molecular weight is 403 g/mol. The zero-order valence-corrected chi connectivity index (χ0v) is 15.3. The van der Waals surface area contributed by atoms with Crippen LogP contribution in [0.5, 0.6) is 0 Å². The van der Waals surface area contributed by atoms with Crippen LogP contribution in [0.3, 0.4) is 0 Å². The minimum absolute atomic E-state index is 0.121. The van der Waals surface area contributed by atoms with E-state index in [4.69, 9.17) is 11.6 Å². The van der Waals surface area contributed by atoms with Crippen LogP contribution >= 0.6 is 22.9 Å². The Morgan fingerprint density at radius 3 is 2.77 bits per heavy atom. The van der Waals surface area contributed by atoms with Crippen molar-refractivity contribution in [2.75, 3.05) is 0 Å². The van der Waals surface area contributed by atoms with Gasteiger partial charge in [0.05, 0.1) is 10.6 Å². The van der Waals surface area contributed by atoms with E-state index in [9.17, 15) is 18.0 Å². The van der Waals surface area contributed by atoms with Gasteiger partial charge in [-0.1, -0.05) is 24.6 Å². The summed E-state index contributed by atoms with van der Waals surface area (Å²) in [7, 11) is 0. The summed E-state index contributed by atoms with van der Waals surface area (Å²) < 4.78 is 41.1. The maximum Gasteiger partial charge on any atom is 0.433 e. The Morgan fingerprint density at radius 1 is 1.46 bits per heavy atom. The topological polar surface area (TPSA) is 59.3 Å². The van der Waals surface area contributed by atoms with E-state index in [1.807, 2.05) is 6.92 Å². The number of aromatic nitrogens is 3. The molecule has 138 valence electrons. The molecule has 0 aliphatic carbocycles. The van der Waals surface area contributed by atoms with Gasteiger partial charge in [0.2, 0.25) is 0 Å². The second-order valence-electron chi connectivity index (χ2n) is 5.68. The lowest BCUT2D eigenvalue weighted by molar-refractivity contribution is -0.142. The molecule has 3 aromatic rings. The summed E-state index contributed by atoms with van der Waals surface area (Å²) in [6.45, 7) is 3.64. The monoisotopic (exact) mass is 402 g/mol. The SMILES string of the molecule is CCC(C)NC(=O)c1nn2c(C(F)(F)F)cc(-c3cccs3)nc2c1Cl. The van der Waals surface area contributed by atoms with Gasteiger partial charge >= 0.3 is 6.18 Å². The number of fused-ring (bicyclic) bond motifs is 1. The van der Waals surface area contributed by atoms with Crippen molar-refractivity contribution in [1.82, 2.24) is 19.9 Å². The summed E-state index contributed by atoms with van der Waals surface area (Å²) in [5.74, 6) is -0.638. The number of alkyl halides is 3. The van der Waals surface area contributed by atoms with Crippen molar-refractivity contribution in [2.45, 2.75) is 32.5 Å². The lowest BCUT2D eigenvalue weighted by Crippen LogP contribution is -2.32.